The Labute approximate surface area is 90.5 Å². The number of hydrogen-bond acceptors (Lipinski definition) is 2. The molecular formula is C12H19FN2. The van der Waals surface area contributed by atoms with Gasteiger partial charge in [0.2, 0.25) is 0 Å². The summed E-state index contributed by atoms with van der Waals surface area (Å²) in [6.45, 7) is 4.62. The molecule has 1 rings (SSSR count). The molecule has 0 fully saturated rings. The first kappa shape index (κ1) is 12.1. The molecule has 0 spiro atoms. The van der Waals surface area contributed by atoms with Crippen LogP contribution in [0.5, 0.6) is 0 Å². The van der Waals surface area contributed by atoms with E-state index >= 15 is 0 Å². The summed E-state index contributed by atoms with van der Waals surface area (Å²) in [4.78, 5) is 0. The van der Waals surface area contributed by atoms with E-state index in [-0.39, 0.29) is 17.3 Å². The first-order valence-corrected chi connectivity index (χ1v) is 5.16. The van der Waals surface area contributed by atoms with Crippen LogP contribution in [0.3, 0.4) is 0 Å². The lowest BCUT2D eigenvalue weighted by Gasteiger charge is -2.26. The van der Waals surface area contributed by atoms with Crippen molar-refractivity contribution in [2.24, 2.45) is 16.9 Å². The van der Waals surface area contributed by atoms with Crippen LogP contribution < -0.4 is 11.5 Å². The van der Waals surface area contributed by atoms with Crippen LogP contribution in [0.25, 0.3) is 0 Å². The van der Waals surface area contributed by atoms with E-state index in [4.69, 9.17) is 11.5 Å². The van der Waals surface area contributed by atoms with Gasteiger partial charge in [-0.2, -0.15) is 0 Å². The highest BCUT2D eigenvalue weighted by Gasteiger charge is 2.22. The molecule has 15 heavy (non-hydrogen) atoms. The molecule has 4 N–H and O–H groups in total. The molecule has 0 heterocycles. The number of benzene rings is 1. The maximum absolute atomic E-state index is 13.4. The van der Waals surface area contributed by atoms with Gasteiger partial charge in [-0.15, -0.1) is 0 Å². The van der Waals surface area contributed by atoms with E-state index in [1.807, 2.05) is 13.8 Å². The van der Waals surface area contributed by atoms with E-state index in [1.54, 1.807) is 18.2 Å². The molecule has 0 aliphatic rings. The summed E-state index contributed by atoms with van der Waals surface area (Å²) in [6.07, 6.45) is 0.685. The maximum atomic E-state index is 13.4. The Balaban J connectivity index is 2.78. The lowest BCUT2D eigenvalue weighted by Crippen LogP contribution is -2.28. The highest BCUT2D eigenvalue weighted by Crippen LogP contribution is 2.28. The molecule has 0 aliphatic heterocycles. The molecule has 0 amide bonds. The second-order valence-corrected chi connectivity index (χ2v) is 4.70. The highest BCUT2D eigenvalue weighted by atomic mass is 19.1. The topological polar surface area (TPSA) is 52.0 Å². The minimum atomic E-state index is -0.287. The van der Waals surface area contributed by atoms with Crippen LogP contribution in [-0.4, -0.2) is 6.54 Å². The molecule has 1 aromatic carbocycles. The van der Waals surface area contributed by atoms with Crippen molar-refractivity contribution in [3.63, 3.8) is 0 Å². The summed E-state index contributed by atoms with van der Waals surface area (Å²) in [5.74, 6) is -0.238. The Hall–Kier alpha value is -0.930. The van der Waals surface area contributed by atoms with Crippen molar-refractivity contribution in [2.75, 3.05) is 6.54 Å². The molecule has 0 radical (unpaired) electrons. The van der Waals surface area contributed by atoms with Gasteiger partial charge in [-0.05, 0) is 24.4 Å². The molecule has 0 saturated heterocycles. The van der Waals surface area contributed by atoms with Crippen LogP contribution in [-0.2, 0) is 0 Å². The van der Waals surface area contributed by atoms with Gasteiger partial charge in [0.25, 0.3) is 0 Å². The van der Waals surface area contributed by atoms with Crippen LogP contribution in [0.2, 0.25) is 0 Å². The average Bonchev–Trinajstić information content (AvgIpc) is 2.17. The highest BCUT2D eigenvalue weighted by molar-refractivity contribution is 5.21. The lowest BCUT2D eigenvalue weighted by atomic mass is 9.84. The Kier molecular flexibility index (Phi) is 3.83. The third kappa shape index (κ3) is 3.29. The average molecular weight is 210 g/mol. The molecule has 1 atom stereocenters. The zero-order valence-electron chi connectivity index (χ0n) is 9.33. The summed E-state index contributed by atoms with van der Waals surface area (Å²) in [6, 6.07) is 6.34. The van der Waals surface area contributed by atoms with Crippen molar-refractivity contribution < 1.29 is 4.39 Å². The van der Waals surface area contributed by atoms with Crippen LogP contribution in [0.4, 0.5) is 4.39 Å². The van der Waals surface area contributed by atoms with Crippen LogP contribution in [0.1, 0.15) is 31.9 Å². The van der Waals surface area contributed by atoms with Crippen molar-refractivity contribution in [2.45, 2.75) is 26.3 Å². The largest absolute Gasteiger partial charge is 0.330 e. The number of nitrogens with two attached hydrogens (primary N) is 2. The van der Waals surface area contributed by atoms with Crippen molar-refractivity contribution in [3.05, 3.63) is 35.6 Å². The van der Waals surface area contributed by atoms with Gasteiger partial charge in [-0.3, -0.25) is 0 Å². The molecule has 1 unspecified atom stereocenters. The Morgan fingerprint density at radius 2 is 1.93 bits per heavy atom. The summed E-state index contributed by atoms with van der Waals surface area (Å²) in [5.41, 5.74) is 12.1. The van der Waals surface area contributed by atoms with Gasteiger partial charge in [0.05, 0.1) is 0 Å². The monoisotopic (exact) mass is 210 g/mol. The van der Waals surface area contributed by atoms with Gasteiger partial charge in [-0.1, -0.05) is 32.0 Å². The number of hydrogen-bond donors (Lipinski definition) is 2. The molecule has 2 nitrogen and oxygen atoms in total. The third-order valence-corrected chi connectivity index (χ3v) is 2.63. The molecule has 1 aromatic rings. The summed E-state index contributed by atoms with van der Waals surface area (Å²) < 4.78 is 13.4. The second-order valence-electron chi connectivity index (χ2n) is 4.70. The normalized spacial score (nSPS) is 13.9. The maximum Gasteiger partial charge on any atom is 0.127 e. The first-order valence-electron chi connectivity index (χ1n) is 5.16. The van der Waals surface area contributed by atoms with Gasteiger partial charge in [0, 0.05) is 11.6 Å². The minimum Gasteiger partial charge on any atom is -0.330 e. The SMILES string of the molecule is CC(C)(CN)CC(N)c1ccccc1F. The third-order valence-electron chi connectivity index (χ3n) is 2.63. The minimum absolute atomic E-state index is 0.0539. The van der Waals surface area contributed by atoms with E-state index in [9.17, 15) is 4.39 Å². The Morgan fingerprint density at radius 3 is 2.47 bits per heavy atom. The van der Waals surface area contributed by atoms with Crippen LogP contribution >= 0.6 is 0 Å². The predicted octanol–water partition coefficient (Wildman–Crippen LogP) is 2.20. The molecule has 84 valence electrons. The smallest absolute Gasteiger partial charge is 0.127 e. The quantitative estimate of drug-likeness (QED) is 0.800. The molecule has 3 heteroatoms. The van der Waals surface area contributed by atoms with Crippen molar-refractivity contribution >= 4 is 0 Å². The molecule has 0 saturated carbocycles. The van der Waals surface area contributed by atoms with E-state index < -0.39 is 0 Å². The Bertz CT molecular complexity index is 323. The zero-order valence-corrected chi connectivity index (χ0v) is 9.33. The fourth-order valence-electron chi connectivity index (χ4n) is 1.56. The fourth-order valence-corrected chi connectivity index (χ4v) is 1.56. The van der Waals surface area contributed by atoms with Gasteiger partial charge < -0.3 is 11.5 Å². The fraction of sp³-hybridized carbons (Fsp3) is 0.500. The van der Waals surface area contributed by atoms with Crippen molar-refractivity contribution in [1.29, 1.82) is 0 Å². The van der Waals surface area contributed by atoms with Gasteiger partial charge in [0.15, 0.2) is 0 Å². The number of rotatable bonds is 4. The summed E-state index contributed by atoms with van der Waals surface area (Å²) >= 11 is 0. The van der Waals surface area contributed by atoms with Crippen molar-refractivity contribution in [1.82, 2.24) is 0 Å². The summed E-state index contributed by atoms with van der Waals surface area (Å²) in [7, 11) is 0. The van der Waals surface area contributed by atoms with E-state index in [0.29, 0.717) is 18.5 Å². The van der Waals surface area contributed by atoms with Gasteiger partial charge in [0.1, 0.15) is 5.82 Å². The van der Waals surface area contributed by atoms with Crippen molar-refractivity contribution in [3.8, 4) is 0 Å². The van der Waals surface area contributed by atoms with Crippen LogP contribution in [0.15, 0.2) is 24.3 Å². The predicted molar refractivity (Wildman–Crippen MR) is 60.8 cm³/mol. The van der Waals surface area contributed by atoms with Gasteiger partial charge in [-0.25, -0.2) is 4.39 Å². The first-order chi connectivity index (χ1) is 6.96. The van der Waals surface area contributed by atoms with E-state index in [0.717, 1.165) is 0 Å². The standard InChI is InChI=1S/C12H19FN2/c1-12(2,8-14)7-11(15)9-5-3-4-6-10(9)13/h3-6,11H,7-8,14-15H2,1-2H3. The zero-order chi connectivity index (χ0) is 11.5. The lowest BCUT2D eigenvalue weighted by molar-refractivity contribution is 0.314. The molecule has 0 bridgehead atoms. The number of halogens is 1. The Morgan fingerprint density at radius 1 is 1.33 bits per heavy atom. The molecule has 0 aliphatic carbocycles. The molecule has 0 aromatic heterocycles. The van der Waals surface area contributed by atoms with E-state index in [1.165, 1.54) is 6.07 Å². The van der Waals surface area contributed by atoms with Gasteiger partial charge >= 0.3 is 0 Å². The second kappa shape index (κ2) is 4.73. The molecular weight excluding hydrogens is 191 g/mol. The summed E-state index contributed by atoms with van der Waals surface area (Å²) in [5, 5.41) is 0. The van der Waals surface area contributed by atoms with E-state index in [2.05, 4.69) is 0 Å². The van der Waals surface area contributed by atoms with Crippen LogP contribution in [0, 0.1) is 11.2 Å².